The number of hydrogen-bond acceptors (Lipinski definition) is 2. The average Bonchev–Trinajstić information content (AvgIpc) is 2.17. The lowest BCUT2D eigenvalue weighted by molar-refractivity contribution is 0.0469. The number of aliphatic hydroxyl groups is 1. The lowest BCUT2D eigenvalue weighted by Gasteiger charge is -2.23. The van der Waals surface area contributed by atoms with Crippen molar-refractivity contribution in [1.82, 2.24) is 0 Å². The molecule has 90 valence electrons. The van der Waals surface area contributed by atoms with E-state index >= 15 is 0 Å². The second kappa shape index (κ2) is 5.35. The normalized spacial score (nSPS) is 14.9. The van der Waals surface area contributed by atoms with Gasteiger partial charge in [-0.1, -0.05) is 25.5 Å². The highest BCUT2D eigenvalue weighted by Crippen LogP contribution is 2.27. The molecule has 0 saturated heterocycles. The Kier molecular flexibility index (Phi) is 4.36. The first-order valence-corrected chi connectivity index (χ1v) is 5.95. The van der Waals surface area contributed by atoms with Gasteiger partial charge in [0.25, 0.3) is 0 Å². The fourth-order valence-electron chi connectivity index (χ4n) is 1.80. The third-order valence-corrected chi connectivity index (χ3v) is 2.58. The first-order chi connectivity index (χ1) is 7.45. The minimum atomic E-state index is -0.731. The van der Waals surface area contributed by atoms with Crippen LogP contribution in [0, 0.1) is 0 Å². The van der Waals surface area contributed by atoms with Crippen LogP contribution in [0.15, 0.2) is 24.3 Å². The molecule has 0 saturated carbocycles. The van der Waals surface area contributed by atoms with Crippen molar-refractivity contribution < 1.29 is 9.84 Å². The van der Waals surface area contributed by atoms with Gasteiger partial charge in [-0.15, -0.1) is 0 Å². The summed E-state index contributed by atoms with van der Waals surface area (Å²) < 4.78 is 5.56. The van der Waals surface area contributed by atoms with Gasteiger partial charge in [0, 0.05) is 0 Å². The van der Waals surface area contributed by atoms with Gasteiger partial charge in [-0.25, -0.2) is 0 Å². The standard InChI is InChI=1S/C14H22O2/c1-5-10-14(4,15)12-6-8-13(9-7-12)16-11(2)3/h6-9,11,15H,5,10H2,1-4H3. The third kappa shape index (κ3) is 3.53. The maximum Gasteiger partial charge on any atom is 0.119 e. The Morgan fingerprint density at radius 3 is 2.25 bits per heavy atom. The van der Waals surface area contributed by atoms with Crippen LogP contribution in [-0.4, -0.2) is 11.2 Å². The Morgan fingerprint density at radius 2 is 1.81 bits per heavy atom. The molecular formula is C14H22O2. The summed E-state index contributed by atoms with van der Waals surface area (Å²) in [6.07, 6.45) is 1.93. The molecule has 1 rings (SSSR count). The number of ether oxygens (including phenoxy) is 1. The van der Waals surface area contributed by atoms with Gasteiger partial charge in [-0.05, 0) is 44.9 Å². The molecule has 0 bridgehead atoms. The Hall–Kier alpha value is -1.02. The molecule has 0 radical (unpaired) electrons. The van der Waals surface area contributed by atoms with E-state index in [9.17, 15) is 5.11 Å². The van der Waals surface area contributed by atoms with Crippen LogP contribution in [0.5, 0.6) is 5.75 Å². The Bertz CT molecular complexity index is 312. The summed E-state index contributed by atoms with van der Waals surface area (Å²) in [6, 6.07) is 7.71. The first-order valence-electron chi connectivity index (χ1n) is 5.95. The molecule has 0 spiro atoms. The highest BCUT2D eigenvalue weighted by atomic mass is 16.5. The zero-order chi connectivity index (χ0) is 12.2. The van der Waals surface area contributed by atoms with E-state index < -0.39 is 5.60 Å². The number of rotatable bonds is 5. The van der Waals surface area contributed by atoms with Gasteiger partial charge >= 0.3 is 0 Å². The number of benzene rings is 1. The van der Waals surface area contributed by atoms with Gasteiger partial charge in [0.05, 0.1) is 11.7 Å². The van der Waals surface area contributed by atoms with Crippen molar-refractivity contribution in [3.63, 3.8) is 0 Å². The predicted molar refractivity (Wildman–Crippen MR) is 66.7 cm³/mol. The molecule has 1 N–H and O–H groups in total. The molecule has 1 unspecified atom stereocenters. The van der Waals surface area contributed by atoms with E-state index in [-0.39, 0.29) is 6.10 Å². The van der Waals surface area contributed by atoms with E-state index in [0.717, 1.165) is 24.2 Å². The minimum absolute atomic E-state index is 0.182. The summed E-state index contributed by atoms with van der Waals surface area (Å²) in [7, 11) is 0. The molecule has 0 aliphatic rings. The van der Waals surface area contributed by atoms with Crippen LogP contribution >= 0.6 is 0 Å². The highest BCUT2D eigenvalue weighted by Gasteiger charge is 2.21. The molecule has 1 aromatic rings. The summed E-state index contributed by atoms with van der Waals surface area (Å²) in [5.74, 6) is 0.853. The monoisotopic (exact) mass is 222 g/mol. The van der Waals surface area contributed by atoms with Crippen LogP contribution in [0.2, 0.25) is 0 Å². The van der Waals surface area contributed by atoms with E-state index in [0.29, 0.717) is 0 Å². The predicted octanol–water partition coefficient (Wildman–Crippen LogP) is 3.48. The minimum Gasteiger partial charge on any atom is -0.491 e. The van der Waals surface area contributed by atoms with Gasteiger partial charge < -0.3 is 9.84 Å². The van der Waals surface area contributed by atoms with Gasteiger partial charge in [-0.2, -0.15) is 0 Å². The fraction of sp³-hybridized carbons (Fsp3) is 0.571. The molecule has 16 heavy (non-hydrogen) atoms. The van der Waals surface area contributed by atoms with Crippen molar-refractivity contribution in [2.45, 2.75) is 52.2 Å². The molecule has 0 aliphatic heterocycles. The largest absolute Gasteiger partial charge is 0.491 e. The second-order valence-corrected chi connectivity index (χ2v) is 4.71. The van der Waals surface area contributed by atoms with Crippen LogP contribution < -0.4 is 4.74 Å². The van der Waals surface area contributed by atoms with Crippen molar-refractivity contribution >= 4 is 0 Å². The number of hydrogen-bond donors (Lipinski definition) is 1. The van der Waals surface area contributed by atoms with Crippen LogP contribution in [0.1, 0.15) is 46.1 Å². The summed E-state index contributed by atoms with van der Waals surface area (Å²) >= 11 is 0. The molecule has 0 fully saturated rings. The third-order valence-electron chi connectivity index (χ3n) is 2.58. The molecule has 0 aliphatic carbocycles. The first kappa shape index (κ1) is 13.0. The van der Waals surface area contributed by atoms with Crippen molar-refractivity contribution in [3.8, 4) is 5.75 Å². The van der Waals surface area contributed by atoms with E-state index in [2.05, 4.69) is 6.92 Å². The smallest absolute Gasteiger partial charge is 0.119 e. The summed E-state index contributed by atoms with van der Waals surface area (Å²) in [5.41, 5.74) is 0.218. The Morgan fingerprint density at radius 1 is 1.25 bits per heavy atom. The Labute approximate surface area is 98.3 Å². The van der Waals surface area contributed by atoms with E-state index in [1.54, 1.807) is 0 Å². The lowest BCUT2D eigenvalue weighted by Crippen LogP contribution is -2.20. The van der Waals surface area contributed by atoms with Crippen LogP contribution in [0.3, 0.4) is 0 Å². The summed E-state index contributed by atoms with van der Waals surface area (Å²) in [6.45, 7) is 7.93. The van der Waals surface area contributed by atoms with E-state index in [1.165, 1.54) is 0 Å². The van der Waals surface area contributed by atoms with Crippen LogP contribution in [0.25, 0.3) is 0 Å². The second-order valence-electron chi connectivity index (χ2n) is 4.71. The van der Waals surface area contributed by atoms with Crippen molar-refractivity contribution in [2.24, 2.45) is 0 Å². The van der Waals surface area contributed by atoms with E-state index in [1.807, 2.05) is 45.0 Å². The average molecular weight is 222 g/mol. The van der Waals surface area contributed by atoms with Crippen molar-refractivity contribution in [2.75, 3.05) is 0 Å². The van der Waals surface area contributed by atoms with Gasteiger partial charge in [0.2, 0.25) is 0 Å². The fourth-order valence-corrected chi connectivity index (χ4v) is 1.80. The lowest BCUT2D eigenvalue weighted by atomic mass is 9.91. The summed E-state index contributed by atoms with van der Waals surface area (Å²) in [4.78, 5) is 0. The molecule has 1 aromatic carbocycles. The van der Waals surface area contributed by atoms with Crippen molar-refractivity contribution in [1.29, 1.82) is 0 Å². The molecule has 2 nitrogen and oxygen atoms in total. The van der Waals surface area contributed by atoms with Gasteiger partial charge in [0.15, 0.2) is 0 Å². The van der Waals surface area contributed by atoms with Gasteiger partial charge in [-0.3, -0.25) is 0 Å². The quantitative estimate of drug-likeness (QED) is 0.826. The molecule has 0 amide bonds. The zero-order valence-electron chi connectivity index (χ0n) is 10.7. The molecule has 0 heterocycles. The van der Waals surface area contributed by atoms with Crippen molar-refractivity contribution in [3.05, 3.63) is 29.8 Å². The maximum absolute atomic E-state index is 10.2. The summed E-state index contributed by atoms with van der Waals surface area (Å²) in [5, 5.41) is 10.2. The Balaban J connectivity index is 2.78. The highest BCUT2D eigenvalue weighted by molar-refractivity contribution is 5.30. The zero-order valence-corrected chi connectivity index (χ0v) is 10.7. The SMILES string of the molecule is CCCC(C)(O)c1ccc(OC(C)C)cc1. The van der Waals surface area contributed by atoms with Gasteiger partial charge in [0.1, 0.15) is 5.75 Å². The maximum atomic E-state index is 10.2. The topological polar surface area (TPSA) is 29.5 Å². The molecule has 2 heteroatoms. The van der Waals surface area contributed by atoms with Crippen LogP contribution in [-0.2, 0) is 5.60 Å². The molecule has 1 atom stereocenters. The van der Waals surface area contributed by atoms with Crippen LogP contribution in [0.4, 0.5) is 0 Å². The van der Waals surface area contributed by atoms with E-state index in [4.69, 9.17) is 4.74 Å². The molecule has 0 aromatic heterocycles. The molecular weight excluding hydrogens is 200 g/mol.